The van der Waals surface area contributed by atoms with E-state index in [0.29, 0.717) is 5.56 Å². The third-order valence-electron chi connectivity index (χ3n) is 3.59. The molecular weight excluding hydrogens is 314 g/mol. The monoisotopic (exact) mass is 329 g/mol. The van der Waals surface area contributed by atoms with Crippen LogP contribution in [0.4, 0.5) is 0 Å². The number of esters is 1. The van der Waals surface area contributed by atoms with Gasteiger partial charge < -0.3 is 9.30 Å². The molecule has 0 N–H and O–H groups in total. The average molecular weight is 329 g/mol. The first kappa shape index (κ1) is 15.3. The second kappa shape index (κ2) is 5.55. The van der Waals surface area contributed by atoms with E-state index in [-0.39, 0.29) is 10.6 Å². The lowest BCUT2D eigenvalue weighted by Crippen LogP contribution is -2.09. The normalized spacial score (nSPS) is 11.6. The van der Waals surface area contributed by atoms with Crippen molar-refractivity contribution in [2.75, 3.05) is 6.26 Å². The molecule has 3 rings (SSSR count). The first-order valence-corrected chi connectivity index (χ1v) is 8.82. The van der Waals surface area contributed by atoms with Gasteiger partial charge in [0.2, 0.25) is 0 Å². The molecule has 0 radical (unpaired) electrons. The van der Waals surface area contributed by atoms with Crippen LogP contribution in [0.2, 0.25) is 0 Å². The maximum atomic E-state index is 12.4. The van der Waals surface area contributed by atoms with Crippen LogP contribution >= 0.6 is 0 Å². The van der Waals surface area contributed by atoms with E-state index < -0.39 is 15.8 Å². The zero-order valence-corrected chi connectivity index (χ0v) is 13.5. The van der Waals surface area contributed by atoms with Gasteiger partial charge in [0.05, 0.1) is 10.5 Å². The summed E-state index contributed by atoms with van der Waals surface area (Å²) in [4.78, 5) is 12.5. The van der Waals surface area contributed by atoms with Crippen molar-refractivity contribution >= 4 is 26.7 Å². The minimum Gasteiger partial charge on any atom is -0.423 e. The summed E-state index contributed by atoms with van der Waals surface area (Å²) >= 11 is 0. The summed E-state index contributed by atoms with van der Waals surface area (Å²) in [5, 5.41) is 0.791. The molecule has 0 atom stereocenters. The third kappa shape index (κ3) is 2.98. The number of sulfone groups is 1. The number of aromatic nitrogens is 1. The summed E-state index contributed by atoms with van der Waals surface area (Å²) in [7, 11) is -1.46. The molecule has 6 heteroatoms. The van der Waals surface area contributed by atoms with E-state index in [1.165, 1.54) is 12.1 Å². The van der Waals surface area contributed by atoms with Crippen LogP contribution in [-0.4, -0.2) is 25.2 Å². The fourth-order valence-electron chi connectivity index (χ4n) is 2.41. The molecule has 0 unspecified atom stereocenters. The number of benzene rings is 2. The van der Waals surface area contributed by atoms with Gasteiger partial charge in [0.15, 0.2) is 9.84 Å². The van der Waals surface area contributed by atoms with E-state index in [4.69, 9.17) is 4.74 Å². The van der Waals surface area contributed by atoms with Crippen molar-refractivity contribution in [3.8, 4) is 5.75 Å². The van der Waals surface area contributed by atoms with E-state index in [1.807, 2.05) is 29.9 Å². The largest absolute Gasteiger partial charge is 0.423 e. The Morgan fingerprint density at radius 1 is 1.09 bits per heavy atom. The van der Waals surface area contributed by atoms with Crippen molar-refractivity contribution in [3.63, 3.8) is 0 Å². The molecule has 0 aliphatic carbocycles. The van der Waals surface area contributed by atoms with Crippen molar-refractivity contribution in [1.82, 2.24) is 4.57 Å². The molecular formula is C17H15NO4S. The molecule has 0 spiro atoms. The van der Waals surface area contributed by atoms with Gasteiger partial charge in [-0.05, 0) is 36.4 Å². The Hall–Kier alpha value is -2.60. The Kier molecular flexibility index (Phi) is 3.69. The van der Waals surface area contributed by atoms with Gasteiger partial charge in [-0.25, -0.2) is 13.2 Å². The van der Waals surface area contributed by atoms with Crippen molar-refractivity contribution in [2.45, 2.75) is 4.90 Å². The SMILES string of the molecule is Cn1ccc2c(C(=O)Oc3cccc(S(C)(=O)=O)c3)cccc21. The molecule has 3 aromatic rings. The molecule has 1 heterocycles. The second-order valence-electron chi connectivity index (χ2n) is 5.30. The van der Waals surface area contributed by atoms with Crippen LogP contribution in [0.15, 0.2) is 59.6 Å². The topological polar surface area (TPSA) is 65.4 Å². The van der Waals surface area contributed by atoms with Crippen molar-refractivity contribution in [1.29, 1.82) is 0 Å². The van der Waals surface area contributed by atoms with Crippen LogP contribution in [0.5, 0.6) is 5.75 Å². The van der Waals surface area contributed by atoms with E-state index >= 15 is 0 Å². The van der Waals surface area contributed by atoms with Crippen molar-refractivity contribution in [2.24, 2.45) is 7.05 Å². The van der Waals surface area contributed by atoms with Gasteiger partial charge in [-0.2, -0.15) is 0 Å². The molecule has 0 bridgehead atoms. The molecule has 2 aromatic carbocycles. The van der Waals surface area contributed by atoms with Crippen LogP contribution < -0.4 is 4.74 Å². The summed E-state index contributed by atoms with van der Waals surface area (Å²) < 4.78 is 30.4. The van der Waals surface area contributed by atoms with Crippen molar-refractivity contribution < 1.29 is 17.9 Å². The summed E-state index contributed by atoms with van der Waals surface area (Å²) in [6.07, 6.45) is 2.98. The van der Waals surface area contributed by atoms with E-state index in [9.17, 15) is 13.2 Å². The van der Waals surface area contributed by atoms with Gasteiger partial charge in [-0.15, -0.1) is 0 Å². The number of nitrogens with zero attached hydrogens (tertiary/aromatic N) is 1. The predicted molar refractivity (Wildman–Crippen MR) is 87.4 cm³/mol. The van der Waals surface area contributed by atoms with Gasteiger partial charge in [-0.1, -0.05) is 12.1 Å². The molecule has 118 valence electrons. The van der Waals surface area contributed by atoms with Crippen LogP contribution in [0.3, 0.4) is 0 Å². The zero-order chi connectivity index (χ0) is 16.6. The predicted octanol–water partition coefficient (Wildman–Crippen LogP) is 2.80. The molecule has 0 saturated carbocycles. The summed E-state index contributed by atoms with van der Waals surface area (Å²) in [5.74, 6) is -0.321. The Bertz CT molecular complexity index is 1000. The number of rotatable bonds is 3. The van der Waals surface area contributed by atoms with Crippen LogP contribution in [0.25, 0.3) is 10.9 Å². The highest BCUT2D eigenvalue weighted by atomic mass is 32.2. The van der Waals surface area contributed by atoms with Crippen LogP contribution in [0.1, 0.15) is 10.4 Å². The average Bonchev–Trinajstić information content (AvgIpc) is 2.88. The first-order chi connectivity index (χ1) is 10.9. The fraction of sp³-hybridized carbons (Fsp3) is 0.118. The molecule has 0 fully saturated rings. The van der Waals surface area contributed by atoms with E-state index in [0.717, 1.165) is 17.2 Å². The van der Waals surface area contributed by atoms with Gasteiger partial charge in [-0.3, -0.25) is 0 Å². The number of fused-ring (bicyclic) bond motifs is 1. The number of hydrogen-bond donors (Lipinski definition) is 0. The fourth-order valence-corrected chi connectivity index (χ4v) is 3.07. The summed E-state index contributed by atoms with van der Waals surface area (Å²) in [6, 6.07) is 13.1. The maximum Gasteiger partial charge on any atom is 0.344 e. The van der Waals surface area contributed by atoms with Crippen LogP contribution in [0, 0.1) is 0 Å². The molecule has 0 aliphatic heterocycles. The first-order valence-electron chi connectivity index (χ1n) is 6.92. The molecule has 0 aliphatic rings. The Morgan fingerprint density at radius 3 is 2.57 bits per heavy atom. The lowest BCUT2D eigenvalue weighted by Gasteiger charge is -2.07. The standard InChI is InChI=1S/C17H15NO4S/c1-18-10-9-14-15(7-4-8-16(14)18)17(19)22-12-5-3-6-13(11-12)23(2,20)21/h3-11H,1-2H3. The maximum absolute atomic E-state index is 12.4. The number of carbonyl (C=O) groups excluding carboxylic acids is 1. The second-order valence-corrected chi connectivity index (χ2v) is 7.32. The third-order valence-corrected chi connectivity index (χ3v) is 4.70. The minimum atomic E-state index is -3.35. The number of ether oxygens (including phenoxy) is 1. The quantitative estimate of drug-likeness (QED) is 0.547. The Labute approximate surface area is 134 Å². The molecule has 23 heavy (non-hydrogen) atoms. The highest BCUT2D eigenvalue weighted by molar-refractivity contribution is 7.90. The van der Waals surface area contributed by atoms with Gasteiger partial charge in [0.25, 0.3) is 0 Å². The highest BCUT2D eigenvalue weighted by Gasteiger charge is 2.15. The summed E-state index contributed by atoms with van der Waals surface area (Å²) in [6.45, 7) is 0. The van der Waals surface area contributed by atoms with Gasteiger partial charge >= 0.3 is 5.97 Å². The Balaban J connectivity index is 1.95. The summed E-state index contributed by atoms with van der Waals surface area (Å²) in [5.41, 5.74) is 1.36. The lowest BCUT2D eigenvalue weighted by molar-refractivity contribution is 0.0736. The number of hydrogen-bond acceptors (Lipinski definition) is 4. The van der Waals surface area contributed by atoms with Gasteiger partial charge in [0, 0.05) is 30.4 Å². The molecule has 5 nitrogen and oxygen atoms in total. The smallest absolute Gasteiger partial charge is 0.344 e. The molecule has 0 saturated heterocycles. The van der Waals surface area contributed by atoms with Gasteiger partial charge in [0.1, 0.15) is 5.75 Å². The molecule has 1 aromatic heterocycles. The zero-order valence-electron chi connectivity index (χ0n) is 12.7. The Morgan fingerprint density at radius 2 is 1.83 bits per heavy atom. The lowest BCUT2D eigenvalue weighted by atomic mass is 10.1. The molecule has 0 amide bonds. The minimum absolute atomic E-state index is 0.112. The number of carbonyl (C=O) groups is 1. The van der Waals surface area contributed by atoms with Crippen molar-refractivity contribution in [3.05, 3.63) is 60.3 Å². The van der Waals surface area contributed by atoms with E-state index in [1.54, 1.807) is 24.3 Å². The van der Waals surface area contributed by atoms with Crippen LogP contribution in [-0.2, 0) is 16.9 Å². The highest BCUT2D eigenvalue weighted by Crippen LogP contribution is 2.23. The van der Waals surface area contributed by atoms with E-state index in [2.05, 4.69) is 0 Å². The number of aryl methyl sites for hydroxylation is 1.